The normalized spacial score (nSPS) is 17.4. The number of likely N-dealkylation sites (N-methyl/N-ethyl adjacent to an activating group) is 2. The highest BCUT2D eigenvalue weighted by atomic mass is 15.2. The quantitative estimate of drug-likeness (QED) is 0.555. The monoisotopic (exact) mass is 341 g/mol. The molecule has 0 aromatic carbocycles. The van der Waals surface area contributed by atoms with Crippen molar-refractivity contribution in [3.63, 3.8) is 0 Å². The van der Waals surface area contributed by atoms with Crippen LogP contribution in [0.15, 0.2) is 0 Å². The van der Waals surface area contributed by atoms with Crippen LogP contribution >= 0.6 is 0 Å². The van der Waals surface area contributed by atoms with Gasteiger partial charge in [0.15, 0.2) is 0 Å². The van der Waals surface area contributed by atoms with Crippen molar-refractivity contribution in [3.8, 4) is 0 Å². The Kier molecular flexibility index (Phi) is 10.1. The van der Waals surface area contributed by atoms with Crippen molar-refractivity contribution in [1.82, 2.24) is 14.7 Å². The number of nitrogens with zero attached hydrogens (tertiary/aromatic N) is 3. The van der Waals surface area contributed by atoms with Gasteiger partial charge >= 0.3 is 0 Å². The fraction of sp³-hybridized carbons (Fsp3) is 1.00. The Balaban J connectivity index is 4.82. The summed E-state index contributed by atoms with van der Waals surface area (Å²) >= 11 is 0. The maximum Gasteiger partial charge on any atom is 0.0121 e. The van der Waals surface area contributed by atoms with Gasteiger partial charge < -0.3 is 14.7 Å². The largest absolute Gasteiger partial charge is 0.306 e. The van der Waals surface area contributed by atoms with E-state index < -0.39 is 0 Å². The van der Waals surface area contributed by atoms with Crippen LogP contribution in [0.2, 0.25) is 0 Å². The van der Waals surface area contributed by atoms with Gasteiger partial charge in [-0.3, -0.25) is 0 Å². The van der Waals surface area contributed by atoms with E-state index >= 15 is 0 Å². The molecule has 0 saturated carbocycles. The second-order valence-corrected chi connectivity index (χ2v) is 9.59. The van der Waals surface area contributed by atoms with E-state index in [1.54, 1.807) is 0 Å². The lowest BCUT2D eigenvalue weighted by molar-refractivity contribution is 0.0694. The van der Waals surface area contributed by atoms with Gasteiger partial charge in [0.25, 0.3) is 0 Å². The molecule has 0 heterocycles. The first kappa shape index (κ1) is 23.9. The van der Waals surface area contributed by atoms with E-state index in [1.807, 2.05) is 0 Å². The van der Waals surface area contributed by atoms with Crippen LogP contribution in [0.3, 0.4) is 0 Å². The summed E-state index contributed by atoms with van der Waals surface area (Å²) in [4.78, 5) is 7.46. The molecular formula is C21H47N3. The Labute approximate surface area is 153 Å². The van der Waals surface area contributed by atoms with Crippen LogP contribution in [0, 0.1) is 17.3 Å². The summed E-state index contributed by atoms with van der Waals surface area (Å²) in [7, 11) is 8.97. The van der Waals surface area contributed by atoms with Gasteiger partial charge in [0, 0.05) is 31.2 Å². The molecule has 24 heavy (non-hydrogen) atoms. The smallest absolute Gasteiger partial charge is 0.0121 e. The molecule has 0 N–H and O–H groups in total. The summed E-state index contributed by atoms with van der Waals surface area (Å²) < 4.78 is 0. The van der Waals surface area contributed by atoms with Gasteiger partial charge in [-0.15, -0.1) is 0 Å². The zero-order valence-corrected chi connectivity index (χ0v) is 18.8. The molecule has 0 rings (SSSR count). The van der Waals surface area contributed by atoms with E-state index in [0.29, 0.717) is 35.4 Å². The molecule has 0 radical (unpaired) electrons. The van der Waals surface area contributed by atoms with Crippen molar-refractivity contribution >= 4 is 0 Å². The van der Waals surface area contributed by atoms with Crippen molar-refractivity contribution in [2.75, 3.05) is 41.3 Å². The van der Waals surface area contributed by atoms with Crippen LogP contribution in [0.1, 0.15) is 61.8 Å². The Morgan fingerprint density at radius 3 is 1.54 bits per heavy atom. The predicted octanol–water partition coefficient (Wildman–Crippen LogP) is 4.29. The summed E-state index contributed by atoms with van der Waals surface area (Å²) in [6.45, 7) is 21.2. The Hall–Kier alpha value is -0.120. The fourth-order valence-electron chi connectivity index (χ4n) is 3.50. The van der Waals surface area contributed by atoms with Gasteiger partial charge in [0.1, 0.15) is 0 Å². The van der Waals surface area contributed by atoms with E-state index in [0.717, 1.165) is 13.1 Å². The molecule has 0 aliphatic rings. The molecule has 3 atom stereocenters. The molecule has 0 aromatic heterocycles. The second kappa shape index (κ2) is 10.1. The Bertz CT molecular complexity index is 336. The minimum Gasteiger partial charge on any atom is -0.306 e. The summed E-state index contributed by atoms with van der Waals surface area (Å²) in [6.07, 6.45) is 1.24. The first-order valence-corrected chi connectivity index (χ1v) is 9.88. The summed E-state index contributed by atoms with van der Waals surface area (Å²) in [6, 6.07) is 1.85. The molecule has 0 spiro atoms. The SMILES string of the molecule is CC(C)C(C)N(C)CCN(C)[C@H](CC(C)(C)[C@H](C)N(C)C)C(C)C. The standard InChI is InChI=1S/C21H47N3/c1-16(2)18(5)23(11)13-14-24(12)20(17(3)4)15-21(7,8)19(6)22(9)10/h16-20H,13-15H2,1-12H3/t18?,19-,20+/m0/s1. The maximum atomic E-state index is 2.60. The van der Waals surface area contributed by atoms with Crippen molar-refractivity contribution in [2.24, 2.45) is 17.3 Å². The van der Waals surface area contributed by atoms with Crippen LogP contribution in [0.25, 0.3) is 0 Å². The summed E-state index contributed by atoms with van der Waals surface area (Å²) in [5.41, 5.74) is 0.309. The predicted molar refractivity (Wildman–Crippen MR) is 110 cm³/mol. The minimum absolute atomic E-state index is 0.309. The highest BCUT2D eigenvalue weighted by Gasteiger charge is 2.33. The lowest BCUT2D eigenvalue weighted by atomic mass is 9.76. The zero-order valence-electron chi connectivity index (χ0n) is 18.8. The molecule has 146 valence electrons. The number of hydrogen-bond donors (Lipinski definition) is 0. The molecule has 3 heteroatoms. The van der Waals surface area contributed by atoms with Crippen molar-refractivity contribution in [2.45, 2.75) is 79.9 Å². The van der Waals surface area contributed by atoms with Crippen molar-refractivity contribution in [1.29, 1.82) is 0 Å². The first-order valence-electron chi connectivity index (χ1n) is 9.88. The molecule has 3 nitrogen and oxygen atoms in total. The van der Waals surface area contributed by atoms with E-state index in [1.165, 1.54) is 6.42 Å². The van der Waals surface area contributed by atoms with Gasteiger partial charge in [-0.25, -0.2) is 0 Å². The summed E-state index contributed by atoms with van der Waals surface area (Å²) in [5.74, 6) is 1.39. The lowest BCUT2D eigenvalue weighted by Gasteiger charge is -2.43. The van der Waals surface area contributed by atoms with Gasteiger partial charge in [-0.05, 0) is 65.7 Å². The van der Waals surface area contributed by atoms with Gasteiger partial charge in [0.05, 0.1) is 0 Å². The van der Waals surface area contributed by atoms with Crippen molar-refractivity contribution < 1.29 is 0 Å². The molecule has 0 saturated heterocycles. The molecule has 0 aromatic rings. The molecular weight excluding hydrogens is 294 g/mol. The second-order valence-electron chi connectivity index (χ2n) is 9.59. The van der Waals surface area contributed by atoms with Crippen LogP contribution in [0.5, 0.6) is 0 Å². The highest BCUT2D eigenvalue weighted by Crippen LogP contribution is 2.33. The third-order valence-corrected chi connectivity index (χ3v) is 6.44. The first-order chi connectivity index (χ1) is 10.8. The van der Waals surface area contributed by atoms with Crippen molar-refractivity contribution in [3.05, 3.63) is 0 Å². The average molecular weight is 342 g/mol. The highest BCUT2D eigenvalue weighted by molar-refractivity contribution is 4.87. The molecule has 0 aliphatic carbocycles. The molecule has 0 bridgehead atoms. The van der Waals surface area contributed by atoms with Crippen LogP contribution in [0.4, 0.5) is 0 Å². The van der Waals surface area contributed by atoms with E-state index in [9.17, 15) is 0 Å². The topological polar surface area (TPSA) is 9.72 Å². The van der Waals surface area contributed by atoms with Gasteiger partial charge in [-0.1, -0.05) is 41.5 Å². The Morgan fingerprint density at radius 1 is 0.708 bits per heavy atom. The average Bonchev–Trinajstić information content (AvgIpc) is 2.47. The maximum absolute atomic E-state index is 2.60. The molecule has 0 fully saturated rings. The zero-order chi connectivity index (χ0) is 19.2. The van der Waals surface area contributed by atoms with Gasteiger partial charge in [0.2, 0.25) is 0 Å². The van der Waals surface area contributed by atoms with Crippen LogP contribution in [-0.4, -0.2) is 74.1 Å². The van der Waals surface area contributed by atoms with Crippen LogP contribution < -0.4 is 0 Å². The van der Waals surface area contributed by atoms with E-state index in [4.69, 9.17) is 0 Å². The minimum atomic E-state index is 0.309. The number of hydrogen-bond acceptors (Lipinski definition) is 3. The summed E-state index contributed by atoms with van der Waals surface area (Å²) in [5, 5.41) is 0. The third kappa shape index (κ3) is 7.41. The number of rotatable bonds is 11. The van der Waals surface area contributed by atoms with Gasteiger partial charge in [-0.2, -0.15) is 0 Å². The van der Waals surface area contributed by atoms with Crippen LogP contribution in [-0.2, 0) is 0 Å². The Morgan fingerprint density at radius 2 is 1.17 bits per heavy atom. The van der Waals surface area contributed by atoms with E-state index in [2.05, 4.69) is 98.3 Å². The fourth-order valence-corrected chi connectivity index (χ4v) is 3.50. The third-order valence-electron chi connectivity index (χ3n) is 6.44. The molecule has 0 amide bonds. The molecule has 1 unspecified atom stereocenters. The lowest BCUT2D eigenvalue weighted by Crippen LogP contribution is -2.48. The van der Waals surface area contributed by atoms with E-state index in [-0.39, 0.29) is 0 Å². The molecule has 0 aliphatic heterocycles.